The minimum Gasteiger partial charge on any atom is -0.384 e. The van der Waals surface area contributed by atoms with Gasteiger partial charge in [-0.1, -0.05) is 24.3 Å². The third-order valence-corrected chi connectivity index (χ3v) is 4.13. The molecule has 1 aromatic carbocycles. The number of nitrogens with one attached hydrogen (secondary N) is 1. The number of hydrogen-bond donors (Lipinski definition) is 1. The van der Waals surface area contributed by atoms with E-state index in [-0.39, 0.29) is 5.91 Å². The summed E-state index contributed by atoms with van der Waals surface area (Å²) in [7, 11) is 3.54. The molecule has 4 heteroatoms. The van der Waals surface area contributed by atoms with Crippen LogP contribution in [0.15, 0.2) is 24.3 Å². The average Bonchev–Trinajstić information content (AvgIpc) is 2.90. The van der Waals surface area contributed by atoms with Gasteiger partial charge < -0.3 is 15.0 Å². The van der Waals surface area contributed by atoms with E-state index in [2.05, 4.69) is 24.4 Å². The summed E-state index contributed by atoms with van der Waals surface area (Å²) in [5.74, 6) is 0.174. The molecule has 0 aliphatic carbocycles. The maximum Gasteiger partial charge on any atom is 0.232 e. The number of carbonyl (C=O) groups excluding carboxylic acids is 1. The van der Waals surface area contributed by atoms with E-state index in [1.807, 2.05) is 24.1 Å². The van der Waals surface area contributed by atoms with Gasteiger partial charge in [0, 0.05) is 27.2 Å². The smallest absolute Gasteiger partial charge is 0.232 e. The van der Waals surface area contributed by atoms with Crippen molar-refractivity contribution in [1.29, 1.82) is 0 Å². The van der Waals surface area contributed by atoms with Crippen LogP contribution in [0.5, 0.6) is 0 Å². The van der Waals surface area contributed by atoms with Crippen LogP contribution in [-0.2, 0) is 16.1 Å². The van der Waals surface area contributed by atoms with Crippen LogP contribution in [0.4, 0.5) is 0 Å². The molecule has 4 nitrogen and oxygen atoms in total. The SMILES string of the molecule is COCC1(C(=O)N(C)Cc2ccccc2C)CCNC1. The molecule has 1 fully saturated rings. The predicted octanol–water partition coefficient (Wildman–Crippen LogP) is 1.58. The van der Waals surface area contributed by atoms with Crippen LogP contribution in [-0.4, -0.2) is 44.7 Å². The van der Waals surface area contributed by atoms with E-state index in [9.17, 15) is 4.79 Å². The largest absolute Gasteiger partial charge is 0.384 e. The molecule has 0 spiro atoms. The van der Waals surface area contributed by atoms with Gasteiger partial charge in [0.1, 0.15) is 0 Å². The highest BCUT2D eigenvalue weighted by Crippen LogP contribution is 2.29. The van der Waals surface area contributed by atoms with E-state index in [1.54, 1.807) is 7.11 Å². The summed E-state index contributed by atoms with van der Waals surface area (Å²) in [5.41, 5.74) is 2.02. The first kappa shape index (κ1) is 15.0. The molecule has 0 aromatic heterocycles. The van der Waals surface area contributed by atoms with Gasteiger partial charge in [-0.05, 0) is 31.0 Å². The summed E-state index contributed by atoms with van der Waals surface area (Å²) in [4.78, 5) is 14.6. The number of amides is 1. The lowest BCUT2D eigenvalue weighted by Crippen LogP contribution is -2.46. The van der Waals surface area contributed by atoms with Crippen molar-refractivity contribution in [3.8, 4) is 0 Å². The number of methoxy groups -OCH3 is 1. The molecular weight excluding hydrogens is 252 g/mol. The van der Waals surface area contributed by atoms with Crippen LogP contribution in [0.2, 0.25) is 0 Å². The van der Waals surface area contributed by atoms with Crippen LogP contribution in [0.25, 0.3) is 0 Å². The Labute approximate surface area is 121 Å². The van der Waals surface area contributed by atoms with Crippen molar-refractivity contribution < 1.29 is 9.53 Å². The Balaban J connectivity index is 2.10. The molecular formula is C16H24N2O2. The monoisotopic (exact) mass is 276 g/mol. The first-order valence-electron chi connectivity index (χ1n) is 7.09. The molecule has 110 valence electrons. The number of ether oxygens (including phenoxy) is 1. The zero-order chi connectivity index (χ0) is 14.6. The quantitative estimate of drug-likeness (QED) is 0.888. The van der Waals surface area contributed by atoms with Crippen LogP contribution >= 0.6 is 0 Å². The van der Waals surface area contributed by atoms with Crippen LogP contribution in [0.3, 0.4) is 0 Å². The molecule has 1 aliphatic heterocycles. The Morgan fingerprint density at radius 2 is 2.20 bits per heavy atom. The molecule has 1 heterocycles. The normalized spacial score (nSPS) is 21.9. The topological polar surface area (TPSA) is 41.6 Å². The second kappa shape index (κ2) is 6.37. The standard InChI is InChI=1S/C16H24N2O2/c1-13-6-4-5-7-14(13)10-18(2)15(19)16(12-20-3)8-9-17-11-16/h4-7,17H,8-12H2,1-3H3. The lowest BCUT2D eigenvalue weighted by atomic mass is 9.86. The van der Waals surface area contributed by atoms with Crippen molar-refractivity contribution in [2.45, 2.75) is 19.9 Å². The van der Waals surface area contributed by atoms with E-state index in [0.29, 0.717) is 19.7 Å². The van der Waals surface area contributed by atoms with Crippen molar-refractivity contribution in [2.75, 3.05) is 33.9 Å². The van der Waals surface area contributed by atoms with Gasteiger partial charge in [0.15, 0.2) is 0 Å². The zero-order valence-corrected chi connectivity index (χ0v) is 12.6. The fourth-order valence-corrected chi connectivity index (χ4v) is 2.91. The number of benzene rings is 1. The van der Waals surface area contributed by atoms with E-state index in [1.165, 1.54) is 11.1 Å². The zero-order valence-electron chi connectivity index (χ0n) is 12.6. The van der Waals surface area contributed by atoms with Gasteiger partial charge in [-0.2, -0.15) is 0 Å². The molecule has 1 atom stereocenters. The fourth-order valence-electron chi connectivity index (χ4n) is 2.91. The molecule has 0 radical (unpaired) electrons. The predicted molar refractivity (Wildman–Crippen MR) is 79.4 cm³/mol. The van der Waals surface area contributed by atoms with Crippen LogP contribution in [0, 0.1) is 12.3 Å². The molecule has 1 aliphatic rings. The summed E-state index contributed by atoms with van der Waals surface area (Å²) in [6, 6.07) is 8.20. The third-order valence-electron chi connectivity index (χ3n) is 4.13. The number of rotatable bonds is 5. The molecule has 1 amide bonds. The Hall–Kier alpha value is -1.39. The summed E-state index contributed by atoms with van der Waals surface area (Å²) < 4.78 is 5.29. The molecule has 1 aromatic rings. The van der Waals surface area contributed by atoms with E-state index < -0.39 is 5.41 Å². The van der Waals surface area contributed by atoms with Crippen molar-refractivity contribution in [2.24, 2.45) is 5.41 Å². The van der Waals surface area contributed by atoms with Crippen molar-refractivity contribution in [1.82, 2.24) is 10.2 Å². The van der Waals surface area contributed by atoms with Gasteiger partial charge in [0.25, 0.3) is 0 Å². The maximum absolute atomic E-state index is 12.8. The molecule has 1 N–H and O–H groups in total. The Bertz CT molecular complexity index is 467. The number of carbonyl (C=O) groups is 1. The number of hydrogen-bond acceptors (Lipinski definition) is 3. The minimum absolute atomic E-state index is 0.174. The van der Waals surface area contributed by atoms with Crippen molar-refractivity contribution in [3.63, 3.8) is 0 Å². The van der Waals surface area contributed by atoms with Gasteiger partial charge >= 0.3 is 0 Å². The van der Waals surface area contributed by atoms with Gasteiger partial charge in [-0.25, -0.2) is 0 Å². The summed E-state index contributed by atoms with van der Waals surface area (Å²) in [6.45, 7) is 4.80. The Morgan fingerprint density at radius 1 is 1.45 bits per heavy atom. The van der Waals surface area contributed by atoms with E-state index >= 15 is 0 Å². The van der Waals surface area contributed by atoms with Crippen LogP contribution in [0.1, 0.15) is 17.5 Å². The first-order chi connectivity index (χ1) is 9.59. The summed E-state index contributed by atoms with van der Waals surface area (Å²) >= 11 is 0. The van der Waals surface area contributed by atoms with Crippen molar-refractivity contribution >= 4 is 5.91 Å². The first-order valence-corrected chi connectivity index (χ1v) is 7.09. The van der Waals surface area contributed by atoms with E-state index in [4.69, 9.17) is 4.74 Å². The lowest BCUT2D eigenvalue weighted by Gasteiger charge is -2.31. The Kier molecular flexibility index (Phi) is 4.78. The van der Waals surface area contributed by atoms with Gasteiger partial charge in [-0.15, -0.1) is 0 Å². The molecule has 20 heavy (non-hydrogen) atoms. The number of nitrogens with zero attached hydrogens (tertiary/aromatic N) is 1. The average molecular weight is 276 g/mol. The van der Waals surface area contributed by atoms with Gasteiger partial charge in [0.2, 0.25) is 5.91 Å². The second-order valence-corrected chi connectivity index (χ2v) is 5.73. The minimum atomic E-state index is -0.397. The third kappa shape index (κ3) is 3.02. The second-order valence-electron chi connectivity index (χ2n) is 5.73. The van der Waals surface area contributed by atoms with E-state index in [0.717, 1.165) is 13.0 Å². The molecule has 2 rings (SSSR count). The highest BCUT2D eigenvalue weighted by molar-refractivity contribution is 5.83. The van der Waals surface area contributed by atoms with Crippen molar-refractivity contribution in [3.05, 3.63) is 35.4 Å². The molecule has 0 bridgehead atoms. The molecule has 0 saturated carbocycles. The summed E-state index contributed by atoms with van der Waals surface area (Å²) in [6.07, 6.45) is 0.845. The summed E-state index contributed by atoms with van der Waals surface area (Å²) in [5, 5.41) is 3.28. The molecule has 1 unspecified atom stereocenters. The highest BCUT2D eigenvalue weighted by Gasteiger charge is 2.42. The van der Waals surface area contributed by atoms with Gasteiger partial charge in [0.05, 0.1) is 12.0 Å². The number of aryl methyl sites for hydroxylation is 1. The lowest BCUT2D eigenvalue weighted by molar-refractivity contribution is -0.143. The fraction of sp³-hybridized carbons (Fsp3) is 0.562. The Morgan fingerprint density at radius 3 is 2.80 bits per heavy atom. The molecule has 1 saturated heterocycles. The van der Waals surface area contributed by atoms with Gasteiger partial charge in [-0.3, -0.25) is 4.79 Å². The highest BCUT2D eigenvalue weighted by atomic mass is 16.5. The van der Waals surface area contributed by atoms with Crippen LogP contribution < -0.4 is 5.32 Å². The maximum atomic E-state index is 12.8.